The lowest BCUT2D eigenvalue weighted by Gasteiger charge is -2.58. The molecule has 8 rings (SSSR count). The minimum atomic E-state index is -0.570. The molecule has 3 aromatic rings. The summed E-state index contributed by atoms with van der Waals surface area (Å²) in [7, 11) is 0. The lowest BCUT2D eigenvalue weighted by atomic mass is 9.47. The third-order valence-electron chi connectivity index (χ3n) is 17.7. The van der Waals surface area contributed by atoms with Gasteiger partial charge in [-0.2, -0.15) is 0 Å². The van der Waals surface area contributed by atoms with Gasteiger partial charge in [0.05, 0.1) is 43.1 Å². The number of hydrogen-bond donors (Lipinski definition) is 0. The van der Waals surface area contributed by atoms with Crippen LogP contribution in [-0.2, 0) is 14.2 Å². The van der Waals surface area contributed by atoms with Gasteiger partial charge in [-0.25, -0.2) is 14.4 Å². The van der Waals surface area contributed by atoms with Crippen LogP contribution in [0.25, 0.3) is 0 Å². The van der Waals surface area contributed by atoms with Gasteiger partial charge in [-0.05, 0) is 190 Å². The van der Waals surface area contributed by atoms with Crippen molar-refractivity contribution in [1.29, 1.82) is 0 Å². The van der Waals surface area contributed by atoms with Gasteiger partial charge in [0.15, 0.2) is 0 Å². The van der Waals surface area contributed by atoms with Crippen LogP contribution in [-0.4, -0.2) is 57.0 Å². The number of rotatable bonds is 22. The van der Waals surface area contributed by atoms with E-state index in [0.717, 1.165) is 107 Å². The van der Waals surface area contributed by atoms with Crippen LogP contribution in [0.3, 0.4) is 0 Å². The molecule has 8 atom stereocenters. The molecule has 374 valence electrons. The van der Waals surface area contributed by atoms with Gasteiger partial charge in [0.1, 0.15) is 23.4 Å². The monoisotopic (exact) mass is 945 g/mol. The summed E-state index contributed by atoms with van der Waals surface area (Å²) in [4.78, 5) is 39.4. The fourth-order valence-electron chi connectivity index (χ4n) is 13.2. The summed E-state index contributed by atoms with van der Waals surface area (Å²) in [5, 5.41) is 0. The van der Waals surface area contributed by atoms with Gasteiger partial charge in [-0.1, -0.05) is 78.9 Å². The summed E-state index contributed by atoms with van der Waals surface area (Å²) in [6.45, 7) is 18.5. The number of esters is 3. The molecule has 5 aliphatic rings. The first-order valence-corrected chi connectivity index (χ1v) is 26.7. The van der Waals surface area contributed by atoms with E-state index in [1.807, 2.05) is 0 Å². The minimum Gasteiger partial charge on any atom is -0.494 e. The molecule has 0 bridgehead atoms. The second kappa shape index (κ2) is 22.7. The van der Waals surface area contributed by atoms with Crippen molar-refractivity contribution >= 4 is 17.9 Å². The molecule has 8 unspecified atom stereocenters. The SMILES string of the molecule is CCC1(COCCCCCCOc2ccc(OC(=O)c3ccc(OC(=O)c4ccc(C(=O)OC5CCC6(C)C(=CCC7C6CCC6(C)C(C(C)CCCC(C)C)CCC76)C5)cc4)cc3)cc2)COC1. The Kier molecular flexibility index (Phi) is 16.8. The zero-order valence-corrected chi connectivity index (χ0v) is 42.6. The molecule has 4 aliphatic carbocycles. The number of allylic oxidation sites excluding steroid dienone is 1. The highest BCUT2D eigenvalue weighted by Crippen LogP contribution is 2.67. The second-order valence-electron chi connectivity index (χ2n) is 22.6. The van der Waals surface area contributed by atoms with Crippen molar-refractivity contribution in [3.05, 3.63) is 101 Å². The fraction of sp³-hybridized carbons (Fsp3) is 0.617. The van der Waals surface area contributed by atoms with Gasteiger partial charge in [0.25, 0.3) is 0 Å². The quantitative estimate of drug-likeness (QED) is 0.0421. The lowest BCUT2D eigenvalue weighted by molar-refractivity contribution is -0.150. The Morgan fingerprint density at radius 1 is 0.667 bits per heavy atom. The number of unbranched alkanes of at least 4 members (excludes halogenated alkanes) is 3. The molecule has 0 N–H and O–H groups in total. The first-order valence-electron chi connectivity index (χ1n) is 26.7. The molecule has 4 fully saturated rings. The van der Waals surface area contributed by atoms with E-state index in [0.29, 0.717) is 46.1 Å². The van der Waals surface area contributed by atoms with E-state index in [1.54, 1.807) is 72.8 Å². The van der Waals surface area contributed by atoms with E-state index in [9.17, 15) is 14.4 Å². The molecule has 1 saturated heterocycles. The number of carbonyl (C=O) groups excluding carboxylic acids is 3. The van der Waals surface area contributed by atoms with Gasteiger partial charge in [-0.3, -0.25) is 0 Å². The number of fused-ring (bicyclic) bond motifs is 5. The molecule has 3 aromatic carbocycles. The van der Waals surface area contributed by atoms with Gasteiger partial charge in [-0.15, -0.1) is 0 Å². The van der Waals surface area contributed by atoms with Gasteiger partial charge in [0, 0.05) is 18.4 Å². The maximum absolute atomic E-state index is 13.4. The molecule has 1 heterocycles. The summed E-state index contributed by atoms with van der Waals surface area (Å²) in [6, 6.07) is 19.7. The largest absolute Gasteiger partial charge is 0.494 e. The molecule has 1 aliphatic heterocycles. The maximum Gasteiger partial charge on any atom is 0.343 e. The average Bonchev–Trinajstić information content (AvgIpc) is 3.70. The first-order chi connectivity index (χ1) is 33.3. The van der Waals surface area contributed by atoms with E-state index in [-0.39, 0.29) is 28.7 Å². The van der Waals surface area contributed by atoms with Crippen LogP contribution in [0, 0.1) is 51.8 Å². The average molecular weight is 945 g/mol. The van der Waals surface area contributed by atoms with E-state index < -0.39 is 11.9 Å². The zero-order valence-electron chi connectivity index (χ0n) is 42.6. The normalized spacial score (nSPS) is 27.2. The highest BCUT2D eigenvalue weighted by molar-refractivity contribution is 5.94. The van der Waals surface area contributed by atoms with Crippen molar-refractivity contribution in [1.82, 2.24) is 0 Å². The number of ether oxygens (including phenoxy) is 6. The van der Waals surface area contributed by atoms with Crippen LogP contribution in [0.15, 0.2) is 84.4 Å². The molecular weight excluding hydrogens is 865 g/mol. The minimum absolute atomic E-state index is 0.150. The van der Waals surface area contributed by atoms with Gasteiger partial charge in [0.2, 0.25) is 0 Å². The predicted octanol–water partition coefficient (Wildman–Crippen LogP) is 14.1. The van der Waals surface area contributed by atoms with E-state index in [1.165, 1.54) is 56.9 Å². The highest BCUT2D eigenvalue weighted by Gasteiger charge is 2.59. The standard InChI is InChI=1S/C60H80O9/c1-7-60(39-65-40-60)38-64-35-10-8-9-11-36-66-47-24-26-49(27-25-47)68-56(62)45-19-22-48(23-20-45)67-55(61)43-15-17-44(18-16-43)57(63)69-50-31-33-58(5)46(37-50)21-28-51-53-30-29-52(42(4)14-12-13-41(2)3)59(53,6)34-32-54(51)58/h15-27,41-42,50-54H,7-14,28-40H2,1-6H3. The molecular formula is C60H80O9. The summed E-state index contributed by atoms with van der Waals surface area (Å²) < 4.78 is 34.5. The van der Waals surface area contributed by atoms with Crippen molar-refractivity contribution in [3.63, 3.8) is 0 Å². The second-order valence-corrected chi connectivity index (χ2v) is 22.6. The Morgan fingerprint density at radius 2 is 1.28 bits per heavy atom. The summed E-state index contributed by atoms with van der Waals surface area (Å²) >= 11 is 0. The smallest absolute Gasteiger partial charge is 0.343 e. The third-order valence-corrected chi connectivity index (χ3v) is 17.7. The predicted molar refractivity (Wildman–Crippen MR) is 270 cm³/mol. The zero-order chi connectivity index (χ0) is 48.6. The molecule has 3 saturated carbocycles. The number of benzene rings is 3. The van der Waals surface area contributed by atoms with Crippen molar-refractivity contribution in [3.8, 4) is 17.2 Å². The number of hydrogen-bond acceptors (Lipinski definition) is 9. The lowest BCUT2D eigenvalue weighted by Crippen LogP contribution is -2.51. The topological polar surface area (TPSA) is 107 Å². The summed E-state index contributed by atoms with van der Waals surface area (Å²) in [5.74, 6) is 4.69. The van der Waals surface area contributed by atoms with E-state index >= 15 is 0 Å². The highest BCUT2D eigenvalue weighted by atomic mass is 16.5. The molecule has 69 heavy (non-hydrogen) atoms. The van der Waals surface area contributed by atoms with Crippen LogP contribution in [0.2, 0.25) is 0 Å². The molecule has 0 aromatic heterocycles. The maximum atomic E-state index is 13.4. The first kappa shape index (κ1) is 50.9. The van der Waals surface area contributed by atoms with Crippen LogP contribution in [0.5, 0.6) is 17.2 Å². The van der Waals surface area contributed by atoms with Crippen LogP contribution < -0.4 is 14.2 Å². The van der Waals surface area contributed by atoms with E-state index in [4.69, 9.17) is 28.4 Å². The Bertz CT molecular complexity index is 2200. The van der Waals surface area contributed by atoms with Crippen LogP contribution >= 0.6 is 0 Å². The Labute approximate surface area is 412 Å². The van der Waals surface area contributed by atoms with Crippen LogP contribution in [0.4, 0.5) is 0 Å². The summed E-state index contributed by atoms with van der Waals surface area (Å²) in [5.41, 5.74) is 3.42. The molecule has 9 heteroatoms. The van der Waals surface area contributed by atoms with Gasteiger partial charge >= 0.3 is 17.9 Å². The molecule has 0 radical (unpaired) electrons. The van der Waals surface area contributed by atoms with Crippen molar-refractivity contribution in [2.45, 2.75) is 150 Å². The molecule has 9 nitrogen and oxygen atoms in total. The van der Waals surface area contributed by atoms with Crippen molar-refractivity contribution in [2.24, 2.45) is 51.8 Å². The Hall–Kier alpha value is -4.47. The number of carbonyl (C=O) groups is 3. The van der Waals surface area contributed by atoms with Crippen molar-refractivity contribution in [2.75, 3.05) is 33.0 Å². The molecule has 0 amide bonds. The Balaban J connectivity index is 0.738. The molecule has 0 spiro atoms. The third kappa shape index (κ3) is 12.0. The van der Waals surface area contributed by atoms with Crippen molar-refractivity contribution < 1.29 is 42.8 Å². The Morgan fingerprint density at radius 3 is 1.90 bits per heavy atom. The van der Waals surface area contributed by atoms with Gasteiger partial charge < -0.3 is 28.4 Å². The summed E-state index contributed by atoms with van der Waals surface area (Å²) in [6.07, 6.45) is 21.1. The fourth-order valence-corrected chi connectivity index (χ4v) is 13.2. The van der Waals surface area contributed by atoms with E-state index in [2.05, 4.69) is 47.6 Å². The van der Waals surface area contributed by atoms with Crippen LogP contribution in [0.1, 0.15) is 175 Å².